The van der Waals surface area contributed by atoms with Gasteiger partial charge in [0.15, 0.2) is 0 Å². The minimum atomic E-state index is 0.515. The molecule has 3 heterocycles. The van der Waals surface area contributed by atoms with Gasteiger partial charge in [-0.15, -0.1) is 0 Å². The SMILES string of the molecule is C1=C(c2cncc(OCc3ccccc3)c2)CC2CCCC1N2Cc1ccccc1. The van der Waals surface area contributed by atoms with Gasteiger partial charge in [0, 0.05) is 24.8 Å². The molecule has 0 N–H and O–H groups in total. The molecule has 0 saturated carbocycles. The van der Waals surface area contributed by atoms with E-state index in [2.05, 4.69) is 64.5 Å². The molecule has 2 aromatic carbocycles. The van der Waals surface area contributed by atoms with Crippen LogP contribution in [0.4, 0.5) is 0 Å². The third-order valence-corrected chi connectivity index (χ3v) is 6.32. The first kappa shape index (κ1) is 19.1. The largest absolute Gasteiger partial charge is 0.487 e. The summed E-state index contributed by atoms with van der Waals surface area (Å²) in [6, 6.07) is 24.4. The van der Waals surface area contributed by atoms with E-state index in [9.17, 15) is 0 Å². The highest BCUT2D eigenvalue weighted by molar-refractivity contribution is 5.68. The van der Waals surface area contributed by atoms with Crippen LogP contribution in [0.2, 0.25) is 0 Å². The zero-order valence-corrected chi connectivity index (χ0v) is 17.3. The number of ether oxygens (including phenoxy) is 1. The maximum atomic E-state index is 6.02. The van der Waals surface area contributed by atoms with Crippen molar-refractivity contribution in [2.45, 2.75) is 50.9 Å². The monoisotopic (exact) mass is 396 g/mol. The number of aromatic nitrogens is 1. The van der Waals surface area contributed by atoms with Gasteiger partial charge in [-0.05, 0) is 47.6 Å². The molecule has 0 amide bonds. The smallest absolute Gasteiger partial charge is 0.138 e. The first-order valence-electron chi connectivity index (χ1n) is 11.0. The van der Waals surface area contributed by atoms with Crippen LogP contribution in [0, 0.1) is 0 Å². The van der Waals surface area contributed by atoms with Gasteiger partial charge >= 0.3 is 0 Å². The van der Waals surface area contributed by atoms with Crippen LogP contribution >= 0.6 is 0 Å². The summed E-state index contributed by atoms with van der Waals surface area (Å²) in [6.45, 7) is 1.61. The molecule has 3 nitrogen and oxygen atoms in total. The Morgan fingerprint density at radius 3 is 2.43 bits per heavy atom. The lowest BCUT2D eigenvalue weighted by molar-refractivity contribution is 0.0951. The molecule has 2 aliphatic rings. The number of nitrogens with zero attached hydrogens (tertiary/aromatic N) is 2. The number of fused-ring (bicyclic) bond motifs is 2. The Morgan fingerprint density at radius 1 is 0.900 bits per heavy atom. The molecule has 0 spiro atoms. The fourth-order valence-electron chi connectivity index (χ4n) is 4.79. The third kappa shape index (κ3) is 4.31. The number of hydrogen-bond donors (Lipinski definition) is 0. The maximum Gasteiger partial charge on any atom is 0.138 e. The number of hydrogen-bond acceptors (Lipinski definition) is 3. The van der Waals surface area contributed by atoms with Crippen LogP contribution in [0.3, 0.4) is 0 Å². The van der Waals surface area contributed by atoms with Crippen LogP contribution in [0.15, 0.2) is 85.2 Å². The molecule has 1 fully saturated rings. The molecule has 30 heavy (non-hydrogen) atoms. The zero-order chi connectivity index (χ0) is 20.2. The van der Waals surface area contributed by atoms with Crippen molar-refractivity contribution in [2.24, 2.45) is 0 Å². The summed E-state index contributed by atoms with van der Waals surface area (Å²) >= 11 is 0. The second kappa shape index (κ2) is 8.85. The Morgan fingerprint density at radius 2 is 1.67 bits per heavy atom. The Kier molecular flexibility index (Phi) is 5.62. The standard InChI is InChI=1S/C27H28N2O/c1-3-8-21(9-4-1)19-29-25-12-7-13-26(29)15-23(14-25)24-16-27(18-28-17-24)30-20-22-10-5-2-6-11-22/h1-6,8-11,14,16-18,25-26H,7,12-13,15,19-20H2. The highest BCUT2D eigenvalue weighted by Gasteiger charge is 2.34. The van der Waals surface area contributed by atoms with Crippen molar-refractivity contribution in [1.82, 2.24) is 9.88 Å². The normalized spacial score (nSPS) is 21.1. The van der Waals surface area contributed by atoms with Crippen molar-refractivity contribution in [2.75, 3.05) is 0 Å². The van der Waals surface area contributed by atoms with Gasteiger partial charge in [0.2, 0.25) is 0 Å². The van der Waals surface area contributed by atoms with Crippen LogP contribution in [0.5, 0.6) is 5.75 Å². The average Bonchev–Trinajstić information content (AvgIpc) is 2.79. The molecule has 2 bridgehead atoms. The second-order valence-corrected chi connectivity index (χ2v) is 8.39. The molecule has 1 saturated heterocycles. The van der Waals surface area contributed by atoms with E-state index in [0.717, 1.165) is 18.7 Å². The van der Waals surface area contributed by atoms with Crippen molar-refractivity contribution in [1.29, 1.82) is 0 Å². The molecule has 5 rings (SSSR count). The van der Waals surface area contributed by atoms with Gasteiger partial charge in [-0.2, -0.15) is 0 Å². The first-order chi connectivity index (χ1) is 14.8. The quantitative estimate of drug-likeness (QED) is 0.521. The fraction of sp³-hybridized carbons (Fsp3) is 0.296. The van der Waals surface area contributed by atoms with Gasteiger partial charge in [-0.3, -0.25) is 9.88 Å². The summed E-state index contributed by atoms with van der Waals surface area (Å²) in [7, 11) is 0. The van der Waals surface area contributed by atoms with E-state index in [1.165, 1.54) is 41.5 Å². The molecule has 1 aromatic heterocycles. The summed E-state index contributed by atoms with van der Waals surface area (Å²) in [4.78, 5) is 7.17. The molecule has 2 unspecified atom stereocenters. The topological polar surface area (TPSA) is 25.4 Å². The summed E-state index contributed by atoms with van der Waals surface area (Å²) in [5, 5.41) is 0. The Balaban J connectivity index is 1.32. The van der Waals surface area contributed by atoms with Gasteiger partial charge in [0.1, 0.15) is 12.4 Å². The lowest BCUT2D eigenvalue weighted by atomic mass is 9.83. The van der Waals surface area contributed by atoms with Gasteiger partial charge in [0.25, 0.3) is 0 Å². The molecule has 0 radical (unpaired) electrons. The Labute approximate surface area is 179 Å². The molecule has 0 aliphatic carbocycles. The lowest BCUT2D eigenvalue weighted by Gasteiger charge is -2.45. The second-order valence-electron chi connectivity index (χ2n) is 8.39. The van der Waals surface area contributed by atoms with Crippen LogP contribution in [-0.4, -0.2) is 22.0 Å². The Bertz CT molecular complexity index is 1000. The molecule has 3 aromatic rings. The van der Waals surface area contributed by atoms with Crippen molar-refractivity contribution in [3.05, 3.63) is 102 Å². The lowest BCUT2D eigenvalue weighted by Crippen LogP contribution is -2.47. The van der Waals surface area contributed by atoms with E-state index in [1.54, 1.807) is 0 Å². The third-order valence-electron chi connectivity index (χ3n) is 6.32. The van der Waals surface area contributed by atoms with E-state index >= 15 is 0 Å². The summed E-state index contributed by atoms with van der Waals surface area (Å²) in [5.41, 5.74) is 5.21. The van der Waals surface area contributed by atoms with Crippen molar-refractivity contribution >= 4 is 5.57 Å². The molecule has 3 heteroatoms. The van der Waals surface area contributed by atoms with E-state index in [1.807, 2.05) is 30.6 Å². The van der Waals surface area contributed by atoms with Gasteiger partial charge in [-0.25, -0.2) is 0 Å². The Hall–Kier alpha value is -2.91. The number of pyridine rings is 1. The number of benzene rings is 2. The van der Waals surface area contributed by atoms with Gasteiger partial charge in [0.05, 0.1) is 6.20 Å². The molecule has 152 valence electrons. The summed E-state index contributed by atoms with van der Waals surface area (Å²) in [5.74, 6) is 0.842. The maximum absolute atomic E-state index is 6.02. The zero-order valence-electron chi connectivity index (χ0n) is 17.3. The minimum Gasteiger partial charge on any atom is -0.487 e. The summed E-state index contributed by atoms with van der Waals surface area (Å²) in [6.07, 6.45) is 11.2. The van der Waals surface area contributed by atoms with E-state index in [4.69, 9.17) is 4.74 Å². The van der Waals surface area contributed by atoms with Crippen LogP contribution in [-0.2, 0) is 13.2 Å². The van der Waals surface area contributed by atoms with E-state index in [0.29, 0.717) is 18.7 Å². The average molecular weight is 397 g/mol. The van der Waals surface area contributed by atoms with Gasteiger partial charge < -0.3 is 4.74 Å². The molecule has 2 atom stereocenters. The number of rotatable bonds is 6. The van der Waals surface area contributed by atoms with Crippen LogP contribution in [0.25, 0.3) is 5.57 Å². The highest BCUT2D eigenvalue weighted by Crippen LogP contribution is 2.38. The predicted octanol–water partition coefficient (Wildman–Crippen LogP) is 5.87. The molecule has 2 aliphatic heterocycles. The van der Waals surface area contributed by atoms with E-state index in [-0.39, 0.29) is 0 Å². The predicted molar refractivity (Wildman–Crippen MR) is 121 cm³/mol. The first-order valence-corrected chi connectivity index (χ1v) is 11.0. The fourth-order valence-corrected chi connectivity index (χ4v) is 4.79. The number of piperidine rings is 1. The van der Waals surface area contributed by atoms with Crippen molar-refractivity contribution < 1.29 is 4.74 Å². The summed E-state index contributed by atoms with van der Waals surface area (Å²) < 4.78 is 6.02. The van der Waals surface area contributed by atoms with Crippen molar-refractivity contribution in [3.8, 4) is 5.75 Å². The minimum absolute atomic E-state index is 0.515. The highest BCUT2D eigenvalue weighted by atomic mass is 16.5. The van der Waals surface area contributed by atoms with Crippen LogP contribution < -0.4 is 4.74 Å². The van der Waals surface area contributed by atoms with Gasteiger partial charge in [-0.1, -0.05) is 73.2 Å². The van der Waals surface area contributed by atoms with Crippen molar-refractivity contribution in [3.63, 3.8) is 0 Å². The molecular weight excluding hydrogens is 368 g/mol. The van der Waals surface area contributed by atoms with Crippen LogP contribution in [0.1, 0.15) is 42.4 Å². The molecular formula is C27H28N2O. The van der Waals surface area contributed by atoms with E-state index < -0.39 is 0 Å².